The molecule has 0 unspecified atom stereocenters. The van der Waals surface area contributed by atoms with E-state index < -0.39 is 11.9 Å². The van der Waals surface area contributed by atoms with Crippen molar-refractivity contribution in [3.8, 4) is 22.4 Å². The normalized spacial score (nSPS) is 13.9. The van der Waals surface area contributed by atoms with Gasteiger partial charge in [-0.25, -0.2) is 14.8 Å². The van der Waals surface area contributed by atoms with E-state index in [1.165, 1.54) is 16.2 Å². The molecule has 0 radical (unpaired) electrons. The Balaban J connectivity index is 1.37. The Kier molecular flexibility index (Phi) is 7.88. The average Bonchev–Trinajstić information content (AvgIpc) is 3.59. The Hall–Kier alpha value is -4.57. The standard InChI is InChI=1S/C30H29N5O4S/c1-33-14-15-35(30(33)39)26-13-12-21(18-31-26)23-10-6-7-11-24(23)25-19-40-29(32-25)34(2)28(38)22(17-27(36)37)16-20-8-4-3-5-9-20/h3-13,18-19,22H,14-17H2,1-2H3,(H,36,37)/t22-/m1/s1. The minimum absolute atomic E-state index is 0.0660. The number of thiazole rings is 1. The van der Waals surface area contributed by atoms with Crippen LogP contribution in [-0.2, 0) is 16.0 Å². The molecule has 1 atom stereocenters. The molecule has 0 spiro atoms. The summed E-state index contributed by atoms with van der Waals surface area (Å²) >= 11 is 1.33. The van der Waals surface area contributed by atoms with Gasteiger partial charge in [-0.15, -0.1) is 11.3 Å². The van der Waals surface area contributed by atoms with Crippen molar-refractivity contribution in [1.82, 2.24) is 14.9 Å². The van der Waals surface area contributed by atoms with Crippen molar-refractivity contribution in [2.75, 3.05) is 37.0 Å². The first-order valence-corrected chi connectivity index (χ1v) is 13.8. The summed E-state index contributed by atoms with van der Waals surface area (Å²) in [7, 11) is 3.41. The zero-order chi connectivity index (χ0) is 28.2. The maximum absolute atomic E-state index is 13.4. The number of urea groups is 1. The highest BCUT2D eigenvalue weighted by molar-refractivity contribution is 7.14. The van der Waals surface area contributed by atoms with E-state index in [0.29, 0.717) is 36.2 Å². The second kappa shape index (κ2) is 11.7. The maximum atomic E-state index is 13.4. The van der Waals surface area contributed by atoms with Crippen LogP contribution in [0.1, 0.15) is 12.0 Å². The van der Waals surface area contributed by atoms with Gasteiger partial charge in [0.15, 0.2) is 5.13 Å². The predicted octanol–water partition coefficient (Wildman–Crippen LogP) is 5.04. The Labute approximate surface area is 236 Å². The lowest BCUT2D eigenvalue weighted by Crippen LogP contribution is -2.35. The molecule has 1 N–H and O–H groups in total. The van der Waals surface area contributed by atoms with Gasteiger partial charge in [0.25, 0.3) is 0 Å². The fourth-order valence-electron chi connectivity index (χ4n) is 4.79. The van der Waals surface area contributed by atoms with E-state index >= 15 is 0 Å². The van der Waals surface area contributed by atoms with Crippen molar-refractivity contribution in [1.29, 1.82) is 0 Å². The molecular formula is C30H29N5O4S. The molecule has 204 valence electrons. The summed E-state index contributed by atoms with van der Waals surface area (Å²) in [5.41, 5.74) is 4.29. The van der Waals surface area contributed by atoms with Crippen LogP contribution in [0.25, 0.3) is 22.4 Å². The summed E-state index contributed by atoms with van der Waals surface area (Å²) in [6.07, 6.45) is 1.82. The number of aliphatic carboxylic acids is 1. The summed E-state index contributed by atoms with van der Waals surface area (Å²) in [6, 6.07) is 21.0. The molecule has 9 nitrogen and oxygen atoms in total. The first kappa shape index (κ1) is 27.0. The molecule has 2 aromatic carbocycles. The molecule has 1 saturated heterocycles. The number of carboxylic acid groups (broad SMARTS) is 1. The summed E-state index contributed by atoms with van der Waals surface area (Å²) < 4.78 is 0. The molecule has 4 aromatic rings. The van der Waals surface area contributed by atoms with E-state index in [1.54, 1.807) is 30.1 Å². The number of carboxylic acids is 1. The van der Waals surface area contributed by atoms with Gasteiger partial charge < -0.3 is 10.0 Å². The van der Waals surface area contributed by atoms with Crippen molar-refractivity contribution in [2.45, 2.75) is 12.8 Å². The van der Waals surface area contributed by atoms with Crippen LogP contribution >= 0.6 is 11.3 Å². The molecule has 3 amide bonds. The van der Waals surface area contributed by atoms with Crippen LogP contribution in [-0.4, -0.2) is 65.1 Å². The van der Waals surface area contributed by atoms with Crippen LogP contribution in [0.15, 0.2) is 78.3 Å². The topological polar surface area (TPSA) is 107 Å². The van der Waals surface area contributed by atoms with E-state index in [1.807, 2.05) is 72.1 Å². The van der Waals surface area contributed by atoms with E-state index in [9.17, 15) is 19.5 Å². The molecule has 40 heavy (non-hydrogen) atoms. The number of benzene rings is 2. The first-order valence-electron chi connectivity index (χ1n) is 12.9. The summed E-state index contributed by atoms with van der Waals surface area (Å²) in [5.74, 6) is -1.41. The molecule has 1 aliphatic heterocycles. The van der Waals surface area contributed by atoms with Crippen molar-refractivity contribution >= 4 is 40.2 Å². The summed E-state index contributed by atoms with van der Waals surface area (Å²) in [5, 5.41) is 11.8. The molecule has 3 heterocycles. The SMILES string of the molecule is CN1CCN(c2ccc(-c3ccccc3-c3csc(N(C)C(=O)[C@@H](CC(=O)O)Cc4ccccc4)n3)cn2)C1=O. The van der Waals surface area contributed by atoms with Gasteiger partial charge in [-0.2, -0.15) is 0 Å². The Morgan fingerprint density at radius 1 is 1.02 bits per heavy atom. The van der Waals surface area contributed by atoms with Crippen molar-refractivity contribution in [2.24, 2.45) is 5.92 Å². The maximum Gasteiger partial charge on any atom is 0.325 e. The van der Waals surface area contributed by atoms with Crippen LogP contribution in [0.5, 0.6) is 0 Å². The monoisotopic (exact) mass is 555 g/mol. The number of aromatic nitrogens is 2. The van der Waals surface area contributed by atoms with Gasteiger partial charge in [0.2, 0.25) is 5.91 Å². The predicted molar refractivity (Wildman–Crippen MR) is 155 cm³/mol. The highest BCUT2D eigenvalue weighted by Crippen LogP contribution is 2.35. The molecule has 10 heteroatoms. The molecular weight excluding hydrogens is 526 g/mol. The minimum atomic E-state index is -1.02. The number of nitrogens with zero attached hydrogens (tertiary/aromatic N) is 5. The number of pyridine rings is 1. The lowest BCUT2D eigenvalue weighted by atomic mass is 9.95. The van der Waals surface area contributed by atoms with Crippen LogP contribution in [0.4, 0.5) is 15.7 Å². The fraction of sp³-hybridized carbons (Fsp3) is 0.233. The van der Waals surface area contributed by atoms with Crippen LogP contribution in [0.2, 0.25) is 0 Å². The van der Waals surface area contributed by atoms with Crippen molar-refractivity contribution < 1.29 is 19.5 Å². The first-order chi connectivity index (χ1) is 19.3. The molecule has 1 aliphatic rings. The Bertz CT molecular complexity index is 1520. The van der Waals surface area contributed by atoms with Gasteiger partial charge >= 0.3 is 12.0 Å². The average molecular weight is 556 g/mol. The molecule has 1 fully saturated rings. The molecule has 0 aliphatic carbocycles. The number of likely N-dealkylation sites (N-methyl/N-ethyl adjacent to an activating group) is 1. The summed E-state index contributed by atoms with van der Waals surface area (Å²) in [6.45, 7) is 1.27. The second-order valence-corrected chi connectivity index (χ2v) is 10.5. The van der Waals surface area contributed by atoms with Gasteiger partial charge in [0.05, 0.1) is 18.0 Å². The van der Waals surface area contributed by atoms with Gasteiger partial charge in [0.1, 0.15) is 5.82 Å². The number of hydrogen-bond acceptors (Lipinski definition) is 6. The molecule has 0 bridgehead atoms. The minimum Gasteiger partial charge on any atom is -0.481 e. The largest absolute Gasteiger partial charge is 0.481 e. The number of carbonyl (C=O) groups is 3. The van der Waals surface area contributed by atoms with E-state index in [4.69, 9.17) is 4.98 Å². The van der Waals surface area contributed by atoms with Gasteiger partial charge in [0, 0.05) is 49.9 Å². The highest BCUT2D eigenvalue weighted by atomic mass is 32.1. The fourth-order valence-corrected chi connectivity index (χ4v) is 5.59. The van der Waals surface area contributed by atoms with Crippen LogP contribution in [0.3, 0.4) is 0 Å². The third-order valence-corrected chi connectivity index (χ3v) is 7.88. The number of rotatable bonds is 9. The molecule has 0 saturated carbocycles. The molecule has 5 rings (SSSR count). The van der Waals surface area contributed by atoms with Gasteiger partial charge in [-0.3, -0.25) is 19.4 Å². The number of anilines is 2. The third-order valence-electron chi connectivity index (χ3n) is 6.96. The van der Waals surface area contributed by atoms with Crippen LogP contribution < -0.4 is 9.80 Å². The van der Waals surface area contributed by atoms with Gasteiger partial charge in [-0.05, 0) is 29.7 Å². The van der Waals surface area contributed by atoms with Crippen LogP contribution in [0, 0.1) is 5.92 Å². The smallest absolute Gasteiger partial charge is 0.325 e. The quantitative estimate of drug-likeness (QED) is 0.310. The zero-order valence-corrected chi connectivity index (χ0v) is 23.0. The Morgan fingerprint density at radius 3 is 2.40 bits per heavy atom. The number of hydrogen-bond donors (Lipinski definition) is 1. The lowest BCUT2D eigenvalue weighted by molar-refractivity contribution is -0.140. The van der Waals surface area contributed by atoms with E-state index in [2.05, 4.69) is 4.98 Å². The Morgan fingerprint density at radius 2 is 1.75 bits per heavy atom. The van der Waals surface area contributed by atoms with E-state index in [-0.39, 0.29) is 18.4 Å². The van der Waals surface area contributed by atoms with Gasteiger partial charge in [-0.1, -0.05) is 54.6 Å². The van der Waals surface area contributed by atoms with Crippen molar-refractivity contribution in [3.63, 3.8) is 0 Å². The lowest BCUT2D eigenvalue weighted by Gasteiger charge is -2.21. The summed E-state index contributed by atoms with van der Waals surface area (Å²) in [4.78, 5) is 51.3. The number of amides is 3. The third kappa shape index (κ3) is 5.72. The second-order valence-electron chi connectivity index (χ2n) is 9.70. The molecule has 2 aromatic heterocycles. The van der Waals surface area contributed by atoms with E-state index in [0.717, 1.165) is 22.3 Å². The number of carbonyl (C=O) groups excluding carboxylic acids is 2. The van der Waals surface area contributed by atoms with Crippen molar-refractivity contribution in [3.05, 3.63) is 83.9 Å². The highest BCUT2D eigenvalue weighted by Gasteiger charge is 2.29. The zero-order valence-electron chi connectivity index (χ0n) is 22.2.